The van der Waals surface area contributed by atoms with E-state index in [0.29, 0.717) is 0 Å². The van der Waals surface area contributed by atoms with E-state index >= 15 is 0 Å². The Balaban J connectivity index is 0.947. The molecule has 18 unspecified atom stereocenters. The molecule has 0 aromatic rings. The van der Waals surface area contributed by atoms with E-state index in [1.807, 2.05) is 0 Å². The first-order valence-electron chi connectivity index (χ1n) is 25.2. The van der Waals surface area contributed by atoms with E-state index in [-0.39, 0.29) is 0 Å². The normalized spacial score (nSPS) is 53.5. The lowest BCUT2D eigenvalue weighted by molar-refractivity contribution is -0.369. The molecule has 7 fully saturated rings. The second-order valence-electron chi connectivity index (χ2n) is 20.2. The largest absolute Gasteiger partial charge is 0.394 e. The number of hydrogen-bond donors (Lipinski definition) is 23. The number of aliphatic hydroxyl groups excluding tert-OH is 16. The summed E-state index contributed by atoms with van der Waals surface area (Å²) in [4.78, 5) is 0. The van der Waals surface area contributed by atoms with Crippen molar-refractivity contribution in [2.45, 2.75) is 215 Å². The van der Waals surface area contributed by atoms with E-state index in [9.17, 15) is 81.7 Å². The Morgan fingerprint density at radius 1 is 0.231 bits per heavy atom. The maximum atomic E-state index is 11.5. The van der Waals surface area contributed by atoms with Crippen LogP contribution in [0.3, 0.4) is 0 Å². The molecule has 36 heteroatoms. The minimum absolute atomic E-state index is 0.740. The van der Waals surface area contributed by atoms with Gasteiger partial charge >= 0.3 is 0 Å². The van der Waals surface area contributed by atoms with Crippen molar-refractivity contribution in [1.82, 2.24) is 0 Å². The highest BCUT2D eigenvalue weighted by Gasteiger charge is 2.57. The zero-order valence-corrected chi connectivity index (χ0v) is 41.7. The van der Waals surface area contributed by atoms with E-state index in [1.165, 1.54) is 0 Å². The van der Waals surface area contributed by atoms with Crippen molar-refractivity contribution in [3.63, 3.8) is 0 Å². The Kier molecular flexibility index (Phi) is 22.6. The Morgan fingerprint density at radius 2 is 0.410 bits per heavy atom. The molecule has 0 aromatic carbocycles. The number of nitrogens with two attached hydrogens (primary N) is 7. The van der Waals surface area contributed by atoms with E-state index in [1.54, 1.807) is 0 Å². The number of rotatable bonds is 19. The SMILES string of the molecule is N[C@@H]1C(O)[C@@H](OC2OC(CO)C(O[C@H]3OC(CO)[C@H](OC4OC(CO)C(O[C@H]5OC(CO)[C@H](OC6OC(CO)C(O)[C@H](O)[C@@H]6N)C(O)[C@H]5N)[C@H](O)[C@@H]4N)C(O)[C@H]3N)[C@H](O)[C@@H]2N)C(CO)O[C@@H]1OC1C(CO)OC(O)[C@@H](N)[C@H]1O. The van der Waals surface area contributed by atoms with Gasteiger partial charge in [0, 0.05) is 0 Å². The van der Waals surface area contributed by atoms with Gasteiger partial charge in [0.2, 0.25) is 0 Å². The van der Waals surface area contributed by atoms with Crippen LogP contribution >= 0.6 is 0 Å². The maximum absolute atomic E-state index is 11.5. The van der Waals surface area contributed by atoms with Gasteiger partial charge in [0.05, 0.1) is 88.5 Å². The van der Waals surface area contributed by atoms with Crippen LogP contribution in [-0.2, 0) is 61.6 Å². The summed E-state index contributed by atoms with van der Waals surface area (Å²) in [7, 11) is 0. The van der Waals surface area contributed by atoms with E-state index in [4.69, 9.17) is 102 Å². The third kappa shape index (κ3) is 12.9. The highest BCUT2D eigenvalue weighted by molar-refractivity contribution is 5.03. The van der Waals surface area contributed by atoms with Crippen LogP contribution in [0, 0.1) is 0 Å². The van der Waals surface area contributed by atoms with Crippen molar-refractivity contribution in [2.24, 2.45) is 40.1 Å². The topological polar surface area (TPSA) is 626 Å². The molecule has 7 aliphatic rings. The van der Waals surface area contributed by atoms with Crippen LogP contribution in [0.15, 0.2) is 0 Å². The van der Waals surface area contributed by atoms with Gasteiger partial charge in [-0.25, -0.2) is 0 Å². The van der Waals surface area contributed by atoms with Gasteiger partial charge in [0.15, 0.2) is 44.0 Å². The lowest BCUT2D eigenvalue weighted by Gasteiger charge is -2.50. The summed E-state index contributed by atoms with van der Waals surface area (Å²) in [5, 5.41) is 169. The molecule has 0 bridgehead atoms. The summed E-state index contributed by atoms with van der Waals surface area (Å²) in [6.07, 6.45) is -44.9. The van der Waals surface area contributed by atoms with E-state index in [2.05, 4.69) is 0 Å². The summed E-state index contributed by atoms with van der Waals surface area (Å²) < 4.78 is 75.1. The molecule has 456 valence electrons. The average Bonchev–Trinajstić information content (AvgIpc) is 3.45. The molecule has 7 saturated heterocycles. The Labute approximate surface area is 443 Å². The van der Waals surface area contributed by atoms with Gasteiger partial charge in [0.1, 0.15) is 128 Å². The van der Waals surface area contributed by atoms with Crippen molar-refractivity contribution in [3.8, 4) is 0 Å². The molecule has 7 aliphatic heterocycles. The monoisotopic (exact) mass is 1150 g/mol. The van der Waals surface area contributed by atoms with Crippen LogP contribution in [0.4, 0.5) is 0 Å². The molecular formula is C42H79N7O29. The summed E-state index contributed by atoms with van der Waals surface area (Å²) in [5.41, 5.74) is 43.4. The fourth-order valence-corrected chi connectivity index (χ4v) is 10.3. The number of aliphatic hydroxyl groups is 16. The molecule has 0 aromatic heterocycles. The number of hydrogen-bond acceptors (Lipinski definition) is 36. The van der Waals surface area contributed by atoms with Gasteiger partial charge in [0.25, 0.3) is 0 Å². The van der Waals surface area contributed by atoms with Crippen molar-refractivity contribution >= 4 is 0 Å². The van der Waals surface area contributed by atoms with E-state index < -0.39 is 261 Å². The zero-order valence-electron chi connectivity index (χ0n) is 41.7. The highest BCUT2D eigenvalue weighted by Crippen LogP contribution is 2.36. The van der Waals surface area contributed by atoms with Crippen molar-refractivity contribution in [2.75, 3.05) is 46.2 Å². The first kappa shape index (κ1) is 64.1. The predicted molar refractivity (Wildman–Crippen MR) is 246 cm³/mol. The lowest BCUT2D eigenvalue weighted by Crippen LogP contribution is -2.71. The van der Waals surface area contributed by atoms with Gasteiger partial charge in [-0.1, -0.05) is 0 Å². The average molecular weight is 1150 g/mol. The van der Waals surface area contributed by atoms with Crippen molar-refractivity contribution in [1.29, 1.82) is 0 Å². The van der Waals surface area contributed by atoms with Crippen LogP contribution < -0.4 is 40.1 Å². The number of ether oxygens (including phenoxy) is 13. The summed E-state index contributed by atoms with van der Waals surface area (Å²) in [5.74, 6) is 0. The summed E-state index contributed by atoms with van der Waals surface area (Å²) >= 11 is 0. The third-order valence-corrected chi connectivity index (χ3v) is 15.1. The molecule has 0 aliphatic carbocycles. The molecule has 35 atom stereocenters. The minimum atomic E-state index is -1.83. The minimum Gasteiger partial charge on any atom is -0.394 e. The Morgan fingerprint density at radius 3 is 0.628 bits per heavy atom. The second kappa shape index (κ2) is 27.5. The maximum Gasteiger partial charge on any atom is 0.176 e. The molecular weight excluding hydrogens is 1070 g/mol. The molecule has 7 heterocycles. The highest BCUT2D eigenvalue weighted by atomic mass is 16.8. The Hall–Kier alpha value is -1.44. The van der Waals surface area contributed by atoms with Gasteiger partial charge < -0.3 is 183 Å². The first-order chi connectivity index (χ1) is 37.0. The van der Waals surface area contributed by atoms with Crippen molar-refractivity contribution < 1.29 is 143 Å². The fourth-order valence-electron chi connectivity index (χ4n) is 10.3. The zero-order chi connectivity index (χ0) is 57.3. The van der Waals surface area contributed by atoms with E-state index in [0.717, 1.165) is 0 Å². The smallest absolute Gasteiger partial charge is 0.176 e. The van der Waals surface area contributed by atoms with Crippen LogP contribution in [0.25, 0.3) is 0 Å². The molecule has 0 amide bonds. The third-order valence-electron chi connectivity index (χ3n) is 15.1. The molecule has 78 heavy (non-hydrogen) atoms. The standard InChI is InChI=1S/C42H79N7O29/c43-15-24(59)30(9(2-51)66-36(15)65)73-38-17(45)26(61)32(11(4-53)68-38)75-40-19(47)28(63)34(13(6-55)70-40)77-42-21(49)29(64)35(14(7-56)72-42)78-41-20(48)27(62)33(12(5-54)71-41)76-39-18(46)25(60)31(10(3-52)69-39)74-37-16(44)23(58)22(57)8(1-50)67-37/h8-42,50-65H,1-7,43-49H2/t8?,9?,10?,11?,12?,13?,14?,15-,16-,17+,18+,19-,20-,21+,22?,23+,24+,25?,26?,27+,28+,29?,30?,31-,32-,33?,34?,35-,36?,37?,38+,39+,40?,41?,42+/m0/s1. The molecule has 0 spiro atoms. The van der Waals surface area contributed by atoms with Gasteiger partial charge in [-0.15, -0.1) is 0 Å². The van der Waals surface area contributed by atoms with Gasteiger partial charge in [-0.05, 0) is 0 Å². The molecule has 36 nitrogen and oxygen atoms in total. The second-order valence-corrected chi connectivity index (χ2v) is 20.2. The Bertz CT molecular complexity index is 1830. The first-order valence-corrected chi connectivity index (χ1v) is 25.2. The van der Waals surface area contributed by atoms with Crippen LogP contribution in [-0.4, -0.2) is 342 Å². The van der Waals surface area contributed by atoms with Crippen LogP contribution in [0.2, 0.25) is 0 Å². The lowest BCUT2D eigenvalue weighted by atomic mass is 9.93. The van der Waals surface area contributed by atoms with Crippen LogP contribution in [0.5, 0.6) is 0 Å². The van der Waals surface area contributed by atoms with Gasteiger partial charge in [-0.3, -0.25) is 0 Å². The fraction of sp³-hybridized carbons (Fsp3) is 1.00. The molecule has 7 rings (SSSR count). The quantitative estimate of drug-likeness (QED) is 0.0571. The van der Waals surface area contributed by atoms with Gasteiger partial charge in [-0.2, -0.15) is 0 Å². The van der Waals surface area contributed by atoms with Crippen molar-refractivity contribution in [3.05, 3.63) is 0 Å². The summed E-state index contributed by atoms with van der Waals surface area (Å²) in [6.45, 7) is -5.87. The summed E-state index contributed by atoms with van der Waals surface area (Å²) in [6, 6.07) is -10.6. The molecule has 30 N–H and O–H groups in total. The molecule has 0 saturated carbocycles. The molecule has 0 radical (unpaired) electrons. The predicted octanol–water partition coefficient (Wildman–Crippen LogP) is -16.5. The van der Waals surface area contributed by atoms with Crippen LogP contribution in [0.1, 0.15) is 0 Å².